The maximum absolute atomic E-state index is 10.9. The van der Waals surface area contributed by atoms with Crippen molar-refractivity contribution in [3.63, 3.8) is 0 Å². The maximum Gasteiger partial charge on any atom is 0.333 e. The van der Waals surface area contributed by atoms with Gasteiger partial charge in [0.1, 0.15) is 6.10 Å². The fourth-order valence-corrected chi connectivity index (χ4v) is 0.793. The number of esters is 1. The number of aliphatic hydroxyl groups is 1. The molecule has 6 nitrogen and oxygen atoms in total. The lowest BCUT2D eigenvalue weighted by atomic mass is 10.3. The van der Waals surface area contributed by atoms with Crippen LogP contribution in [0, 0.1) is 0 Å². The minimum Gasteiger partial charge on any atom is -0.457 e. The molecule has 7 heteroatoms. The van der Waals surface area contributed by atoms with Crippen molar-refractivity contribution in [2.24, 2.45) is 0 Å². The quantitative estimate of drug-likeness (QED) is 0.430. The Kier molecular flexibility index (Phi) is 19.9. The van der Waals surface area contributed by atoms with Gasteiger partial charge in [0, 0.05) is 25.4 Å². The second-order valence-corrected chi connectivity index (χ2v) is 5.15. The SMILES string of the molecule is C=C(C)C(=O)Cl.C=C(C)C(=O)OC(C)COC.COCC(C)O. The lowest BCUT2D eigenvalue weighted by Gasteiger charge is -2.11. The number of carbonyl (C=O) groups is 2. The predicted octanol–water partition coefficient (Wildman–Crippen LogP) is 2.48. The van der Waals surface area contributed by atoms with Crippen LogP contribution >= 0.6 is 11.6 Å². The van der Waals surface area contributed by atoms with Gasteiger partial charge in [-0.3, -0.25) is 4.79 Å². The molecule has 0 heterocycles. The molecule has 0 aliphatic heterocycles. The molecule has 0 aliphatic carbocycles. The van der Waals surface area contributed by atoms with E-state index in [1.807, 2.05) is 0 Å². The van der Waals surface area contributed by atoms with Crippen molar-refractivity contribution in [2.45, 2.75) is 39.9 Å². The Morgan fingerprint density at radius 2 is 1.43 bits per heavy atom. The molecule has 136 valence electrons. The Bertz CT molecular complexity index is 354. The van der Waals surface area contributed by atoms with Crippen molar-refractivity contribution in [3.05, 3.63) is 24.3 Å². The standard InChI is InChI=1S/C8H14O3.C4H5ClO.C4H10O2/c1-6(2)8(9)11-7(3)5-10-4;1-3(2)4(5)6;1-4(5)3-6-2/h7H,1,5H2,2-4H3;1H2,2H3;4-5H,3H2,1-2H3. The number of rotatable bonds is 7. The molecule has 0 fully saturated rings. The zero-order valence-electron chi connectivity index (χ0n) is 14.8. The van der Waals surface area contributed by atoms with Crippen LogP contribution in [-0.2, 0) is 23.8 Å². The molecule has 0 bridgehead atoms. The van der Waals surface area contributed by atoms with Gasteiger partial charge in [-0.25, -0.2) is 4.79 Å². The zero-order valence-corrected chi connectivity index (χ0v) is 15.6. The Hall–Kier alpha value is -1.21. The summed E-state index contributed by atoms with van der Waals surface area (Å²) in [6, 6.07) is 0. The van der Waals surface area contributed by atoms with E-state index in [9.17, 15) is 9.59 Å². The Morgan fingerprint density at radius 3 is 1.61 bits per heavy atom. The number of aliphatic hydroxyl groups excluding tert-OH is 1. The molecule has 0 rings (SSSR count). The molecule has 2 atom stereocenters. The van der Waals surface area contributed by atoms with E-state index < -0.39 is 5.24 Å². The Labute approximate surface area is 144 Å². The van der Waals surface area contributed by atoms with E-state index in [0.29, 0.717) is 24.4 Å². The minimum absolute atomic E-state index is 0.204. The first-order valence-electron chi connectivity index (χ1n) is 6.87. The van der Waals surface area contributed by atoms with E-state index in [2.05, 4.69) is 17.9 Å². The Morgan fingerprint density at radius 1 is 1.04 bits per heavy atom. The van der Waals surface area contributed by atoms with Crippen molar-refractivity contribution in [1.82, 2.24) is 0 Å². The maximum atomic E-state index is 10.9. The molecule has 0 saturated carbocycles. The Balaban J connectivity index is -0.000000284. The average Bonchev–Trinajstić information content (AvgIpc) is 2.39. The third-order valence-corrected chi connectivity index (χ3v) is 2.12. The molecule has 23 heavy (non-hydrogen) atoms. The van der Waals surface area contributed by atoms with Gasteiger partial charge in [-0.2, -0.15) is 0 Å². The van der Waals surface area contributed by atoms with Crippen molar-refractivity contribution < 1.29 is 28.9 Å². The zero-order chi connectivity index (χ0) is 19.0. The molecule has 2 unspecified atom stereocenters. The number of halogens is 1. The summed E-state index contributed by atoms with van der Waals surface area (Å²) in [6.07, 6.45) is -0.529. The third-order valence-electron chi connectivity index (χ3n) is 1.80. The van der Waals surface area contributed by atoms with Crippen LogP contribution in [0.5, 0.6) is 0 Å². The van der Waals surface area contributed by atoms with Crippen molar-refractivity contribution in [3.8, 4) is 0 Å². The third kappa shape index (κ3) is 26.0. The monoisotopic (exact) mass is 352 g/mol. The molecule has 0 aromatic rings. The van der Waals surface area contributed by atoms with Crippen LogP contribution in [0.2, 0.25) is 0 Å². The second kappa shape index (κ2) is 17.1. The first-order valence-corrected chi connectivity index (χ1v) is 7.25. The van der Waals surface area contributed by atoms with E-state index in [1.54, 1.807) is 41.9 Å². The van der Waals surface area contributed by atoms with Crippen LogP contribution in [0.4, 0.5) is 0 Å². The van der Waals surface area contributed by atoms with Crippen LogP contribution in [0.15, 0.2) is 24.3 Å². The van der Waals surface area contributed by atoms with Gasteiger partial charge in [0.25, 0.3) is 0 Å². The summed E-state index contributed by atoms with van der Waals surface area (Å²) < 4.78 is 14.2. The van der Waals surface area contributed by atoms with E-state index in [0.717, 1.165) is 0 Å². The topological polar surface area (TPSA) is 82.1 Å². The van der Waals surface area contributed by atoms with Gasteiger partial charge in [-0.05, 0) is 39.3 Å². The highest BCUT2D eigenvalue weighted by molar-refractivity contribution is 6.67. The van der Waals surface area contributed by atoms with Crippen LogP contribution < -0.4 is 0 Å². The molecule has 0 aromatic heterocycles. The summed E-state index contributed by atoms with van der Waals surface area (Å²) in [5.74, 6) is -0.366. The molecular weight excluding hydrogens is 324 g/mol. The molecule has 0 amide bonds. The number of ether oxygens (including phenoxy) is 3. The summed E-state index contributed by atoms with van der Waals surface area (Å²) in [5, 5.41) is 7.96. The largest absolute Gasteiger partial charge is 0.457 e. The van der Waals surface area contributed by atoms with Crippen LogP contribution in [0.1, 0.15) is 27.7 Å². The summed E-state index contributed by atoms with van der Waals surface area (Å²) in [6.45, 7) is 14.2. The summed E-state index contributed by atoms with van der Waals surface area (Å²) in [5.41, 5.74) is 0.796. The average molecular weight is 353 g/mol. The first kappa shape index (κ1) is 26.7. The fourth-order valence-electron chi connectivity index (χ4n) is 0.793. The fraction of sp³-hybridized carbons (Fsp3) is 0.625. The van der Waals surface area contributed by atoms with Gasteiger partial charge >= 0.3 is 5.97 Å². The molecule has 0 aromatic carbocycles. The van der Waals surface area contributed by atoms with Crippen LogP contribution in [0.3, 0.4) is 0 Å². The number of allylic oxidation sites excluding steroid dienone is 1. The van der Waals surface area contributed by atoms with Gasteiger partial charge < -0.3 is 19.3 Å². The normalized spacial score (nSPS) is 11.7. The van der Waals surface area contributed by atoms with Gasteiger partial charge in [-0.15, -0.1) is 0 Å². The highest BCUT2D eigenvalue weighted by Gasteiger charge is 2.08. The highest BCUT2D eigenvalue weighted by atomic mass is 35.5. The predicted molar refractivity (Wildman–Crippen MR) is 91.5 cm³/mol. The summed E-state index contributed by atoms with van der Waals surface area (Å²) in [7, 11) is 3.12. The van der Waals surface area contributed by atoms with Crippen molar-refractivity contribution in [1.29, 1.82) is 0 Å². The molecule has 0 radical (unpaired) electrons. The van der Waals surface area contributed by atoms with Gasteiger partial charge in [0.2, 0.25) is 5.24 Å². The summed E-state index contributed by atoms with van der Waals surface area (Å²) in [4.78, 5) is 20.7. The van der Waals surface area contributed by atoms with Crippen molar-refractivity contribution in [2.75, 3.05) is 27.4 Å². The van der Waals surface area contributed by atoms with E-state index in [1.165, 1.54) is 0 Å². The first-order chi connectivity index (χ1) is 10.5. The molecule has 0 aliphatic rings. The van der Waals surface area contributed by atoms with Gasteiger partial charge in [0.15, 0.2) is 0 Å². The lowest BCUT2D eigenvalue weighted by Crippen LogP contribution is -2.19. The molecule has 0 saturated heterocycles. The number of hydrogen-bond donors (Lipinski definition) is 1. The lowest BCUT2D eigenvalue weighted by molar-refractivity contribution is -0.145. The van der Waals surface area contributed by atoms with E-state index in [4.69, 9.17) is 26.2 Å². The van der Waals surface area contributed by atoms with E-state index in [-0.39, 0.29) is 18.2 Å². The molecular formula is C16H29ClO6. The number of hydrogen-bond acceptors (Lipinski definition) is 6. The van der Waals surface area contributed by atoms with Crippen LogP contribution in [-0.4, -0.2) is 56.0 Å². The number of methoxy groups -OCH3 is 2. The number of carbonyl (C=O) groups excluding carboxylic acids is 2. The van der Waals surface area contributed by atoms with Gasteiger partial charge in [0.05, 0.1) is 19.3 Å². The smallest absolute Gasteiger partial charge is 0.333 e. The van der Waals surface area contributed by atoms with E-state index >= 15 is 0 Å². The minimum atomic E-state index is -0.463. The highest BCUT2D eigenvalue weighted by Crippen LogP contribution is 1.97. The molecule has 1 N–H and O–H groups in total. The van der Waals surface area contributed by atoms with Crippen molar-refractivity contribution >= 4 is 22.8 Å². The summed E-state index contributed by atoms with van der Waals surface area (Å²) >= 11 is 4.87. The molecule has 0 spiro atoms. The second-order valence-electron chi connectivity index (χ2n) is 4.81. The van der Waals surface area contributed by atoms with Crippen LogP contribution in [0.25, 0.3) is 0 Å². The van der Waals surface area contributed by atoms with Gasteiger partial charge in [-0.1, -0.05) is 13.2 Å².